The predicted molar refractivity (Wildman–Crippen MR) is 97.4 cm³/mol. The van der Waals surface area contributed by atoms with Gasteiger partial charge in [0, 0.05) is 18.2 Å². The van der Waals surface area contributed by atoms with Crippen LogP contribution < -0.4 is 5.32 Å². The second kappa shape index (κ2) is 9.03. The van der Waals surface area contributed by atoms with E-state index in [4.69, 9.17) is 10.0 Å². The number of oxime groups is 2. The first-order valence-electron chi connectivity index (χ1n) is 8.17. The Morgan fingerprint density at radius 1 is 1.21 bits per heavy atom. The van der Waals surface area contributed by atoms with Gasteiger partial charge < -0.3 is 15.4 Å². The molecule has 0 saturated heterocycles. The molecule has 2 N–H and O–H groups in total. The molecule has 2 rings (SSSR count). The molecule has 2 aromatic carbocycles. The van der Waals surface area contributed by atoms with Crippen LogP contribution in [-0.4, -0.2) is 30.1 Å². The lowest BCUT2D eigenvalue weighted by atomic mass is 10.0. The molecule has 9 heteroatoms. The van der Waals surface area contributed by atoms with E-state index in [1.807, 2.05) is 0 Å². The number of rotatable bonds is 6. The van der Waals surface area contributed by atoms with Gasteiger partial charge in [-0.3, -0.25) is 4.79 Å². The molecular weight excluding hydrogens is 375 g/mol. The quantitative estimate of drug-likeness (QED) is 0.446. The first-order valence-corrected chi connectivity index (χ1v) is 8.17. The normalized spacial score (nSPS) is 13.4. The molecule has 0 fully saturated rings. The van der Waals surface area contributed by atoms with Gasteiger partial charge in [0.25, 0.3) is 5.91 Å². The number of carbonyl (C=O) groups excluding carboxylic acids is 1. The van der Waals surface area contributed by atoms with Crippen LogP contribution in [0, 0.1) is 0 Å². The van der Waals surface area contributed by atoms with Crippen LogP contribution in [0.4, 0.5) is 13.2 Å². The average molecular weight is 393 g/mol. The zero-order chi connectivity index (χ0) is 20.7. The van der Waals surface area contributed by atoms with Crippen molar-refractivity contribution in [2.24, 2.45) is 10.3 Å². The smallest absolute Gasteiger partial charge is 0.410 e. The van der Waals surface area contributed by atoms with Gasteiger partial charge in [0.15, 0.2) is 5.71 Å². The van der Waals surface area contributed by atoms with Crippen LogP contribution in [0.2, 0.25) is 0 Å². The second-order valence-electron chi connectivity index (χ2n) is 5.72. The van der Waals surface area contributed by atoms with Gasteiger partial charge in [0.2, 0.25) is 0 Å². The van der Waals surface area contributed by atoms with E-state index >= 15 is 0 Å². The molecule has 148 valence electrons. The number of alkyl halides is 3. The van der Waals surface area contributed by atoms with E-state index in [1.165, 1.54) is 25.4 Å². The van der Waals surface area contributed by atoms with E-state index < -0.39 is 23.8 Å². The maximum Gasteiger partial charge on any atom is 0.416 e. The molecule has 0 aliphatic carbocycles. The SMILES string of the molecule is CNC(=O)C(=NO)c1ccccc1/C=N/OC(C)c1cccc(C(F)(F)F)c1. The van der Waals surface area contributed by atoms with Crippen molar-refractivity contribution in [2.75, 3.05) is 7.05 Å². The first-order chi connectivity index (χ1) is 13.3. The van der Waals surface area contributed by atoms with Crippen LogP contribution in [0.1, 0.15) is 35.3 Å². The van der Waals surface area contributed by atoms with E-state index in [0.29, 0.717) is 16.7 Å². The topological polar surface area (TPSA) is 83.3 Å². The number of benzene rings is 2. The Bertz CT molecular complexity index is 895. The Morgan fingerprint density at radius 2 is 1.93 bits per heavy atom. The largest absolute Gasteiger partial charge is 0.416 e. The summed E-state index contributed by atoms with van der Waals surface area (Å²) in [5.74, 6) is -0.596. The maximum atomic E-state index is 12.8. The summed E-state index contributed by atoms with van der Waals surface area (Å²) >= 11 is 0. The fraction of sp³-hybridized carbons (Fsp3) is 0.211. The van der Waals surface area contributed by atoms with Crippen molar-refractivity contribution in [3.05, 3.63) is 70.8 Å². The molecule has 0 saturated carbocycles. The third-order valence-electron chi connectivity index (χ3n) is 3.85. The summed E-state index contributed by atoms with van der Waals surface area (Å²) in [4.78, 5) is 17.1. The molecule has 0 aromatic heterocycles. The average Bonchev–Trinajstić information content (AvgIpc) is 2.68. The summed E-state index contributed by atoms with van der Waals surface area (Å²) in [7, 11) is 1.39. The van der Waals surface area contributed by atoms with Crippen LogP contribution in [-0.2, 0) is 15.8 Å². The Labute approximate surface area is 159 Å². The second-order valence-corrected chi connectivity index (χ2v) is 5.72. The van der Waals surface area contributed by atoms with Crippen LogP contribution in [0.3, 0.4) is 0 Å². The highest BCUT2D eigenvalue weighted by molar-refractivity contribution is 6.46. The molecule has 1 amide bonds. The minimum Gasteiger partial charge on any atom is -0.410 e. The number of halogens is 3. The summed E-state index contributed by atoms with van der Waals surface area (Å²) in [5.41, 5.74) is 0.0569. The van der Waals surface area contributed by atoms with Crippen LogP contribution in [0.15, 0.2) is 58.8 Å². The van der Waals surface area contributed by atoms with Gasteiger partial charge in [-0.05, 0) is 24.6 Å². The third-order valence-corrected chi connectivity index (χ3v) is 3.85. The van der Waals surface area contributed by atoms with Gasteiger partial charge in [-0.2, -0.15) is 13.2 Å². The van der Waals surface area contributed by atoms with Crippen molar-refractivity contribution >= 4 is 17.8 Å². The lowest BCUT2D eigenvalue weighted by molar-refractivity contribution is -0.137. The van der Waals surface area contributed by atoms with Crippen molar-refractivity contribution in [3.8, 4) is 0 Å². The predicted octanol–water partition coefficient (Wildman–Crippen LogP) is 3.74. The first kappa shape index (κ1) is 20.9. The van der Waals surface area contributed by atoms with E-state index in [1.54, 1.807) is 31.2 Å². The summed E-state index contributed by atoms with van der Waals surface area (Å²) in [6, 6.07) is 11.3. The lowest BCUT2D eigenvalue weighted by Crippen LogP contribution is -2.29. The molecular formula is C19H18F3N3O3. The number of hydrogen-bond acceptors (Lipinski definition) is 5. The molecule has 28 heavy (non-hydrogen) atoms. The molecule has 2 aromatic rings. The van der Waals surface area contributed by atoms with Crippen molar-refractivity contribution in [1.29, 1.82) is 0 Å². The minimum absolute atomic E-state index is 0.213. The standard InChI is InChI=1S/C19H18F3N3O3/c1-12(13-7-5-8-15(10-13)19(20,21)22)28-24-11-14-6-3-4-9-16(14)17(25-27)18(26)23-2/h3-12,27H,1-2H3,(H,23,26)/b24-11+,25-17?. The zero-order valence-electron chi connectivity index (χ0n) is 15.1. The number of carbonyl (C=O) groups is 1. The zero-order valence-corrected chi connectivity index (χ0v) is 15.1. The molecule has 0 spiro atoms. The van der Waals surface area contributed by atoms with Gasteiger partial charge in [-0.15, -0.1) is 0 Å². The van der Waals surface area contributed by atoms with Gasteiger partial charge in [-0.1, -0.05) is 46.7 Å². The molecule has 1 unspecified atom stereocenters. The van der Waals surface area contributed by atoms with Crippen molar-refractivity contribution < 1.29 is 28.0 Å². The molecule has 6 nitrogen and oxygen atoms in total. The van der Waals surface area contributed by atoms with Crippen molar-refractivity contribution in [1.82, 2.24) is 5.32 Å². The highest BCUT2D eigenvalue weighted by Crippen LogP contribution is 2.31. The molecule has 0 bridgehead atoms. The highest BCUT2D eigenvalue weighted by atomic mass is 19.4. The minimum atomic E-state index is -4.45. The molecule has 0 aliphatic heterocycles. The van der Waals surface area contributed by atoms with E-state index in [2.05, 4.69) is 15.6 Å². The van der Waals surface area contributed by atoms with Gasteiger partial charge >= 0.3 is 6.18 Å². The van der Waals surface area contributed by atoms with Crippen molar-refractivity contribution in [2.45, 2.75) is 19.2 Å². The molecule has 1 atom stereocenters. The highest BCUT2D eigenvalue weighted by Gasteiger charge is 2.30. The monoisotopic (exact) mass is 393 g/mol. The van der Waals surface area contributed by atoms with Gasteiger partial charge in [0.05, 0.1) is 11.8 Å². The number of nitrogens with one attached hydrogen (secondary N) is 1. The number of likely N-dealkylation sites (N-methyl/N-ethyl adjacent to an activating group) is 1. The summed E-state index contributed by atoms with van der Waals surface area (Å²) in [5, 5.41) is 18.3. The fourth-order valence-corrected chi connectivity index (χ4v) is 2.37. The van der Waals surface area contributed by atoms with Gasteiger partial charge in [-0.25, -0.2) is 0 Å². The number of amides is 1. The van der Waals surface area contributed by atoms with Crippen LogP contribution in [0.5, 0.6) is 0 Å². The third kappa shape index (κ3) is 5.09. The molecule has 0 aliphatic rings. The number of nitrogens with zero attached hydrogens (tertiary/aromatic N) is 2. The lowest BCUT2D eigenvalue weighted by Gasteiger charge is -2.13. The van der Waals surface area contributed by atoms with E-state index in [0.717, 1.165) is 12.1 Å². The van der Waals surface area contributed by atoms with Crippen LogP contribution in [0.25, 0.3) is 0 Å². The summed E-state index contributed by atoms with van der Waals surface area (Å²) in [6.07, 6.45) is -3.90. The summed E-state index contributed by atoms with van der Waals surface area (Å²) in [6.45, 7) is 1.56. The number of hydrogen-bond donors (Lipinski definition) is 2. The van der Waals surface area contributed by atoms with Crippen molar-refractivity contribution in [3.63, 3.8) is 0 Å². The van der Waals surface area contributed by atoms with Gasteiger partial charge in [0.1, 0.15) is 6.10 Å². The molecule has 0 heterocycles. The Balaban J connectivity index is 2.19. The maximum absolute atomic E-state index is 12.8. The van der Waals surface area contributed by atoms with E-state index in [-0.39, 0.29) is 5.71 Å². The summed E-state index contributed by atoms with van der Waals surface area (Å²) < 4.78 is 38.5. The van der Waals surface area contributed by atoms with E-state index in [9.17, 15) is 18.0 Å². The molecule has 0 radical (unpaired) electrons. The Morgan fingerprint density at radius 3 is 2.57 bits per heavy atom. The Kier molecular flexibility index (Phi) is 6.75. The fourth-order valence-electron chi connectivity index (χ4n) is 2.37. The Hall–Kier alpha value is -3.36. The van der Waals surface area contributed by atoms with Crippen LogP contribution >= 0.6 is 0 Å².